The van der Waals surface area contributed by atoms with Gasteiger partial charge in [0.05, 0.1) is 23.6 Å². The zero-order chi connectivity index (χ0) is 12.5. The lowest BCUT2D eigenvalue weighted by Gasteiger charge is -2.20. The molecule has 1 saturated heterocycles. The number of imidazole rings is 1. The van der Waals surface area contributed by atoms with E-state index in [1.807, 2.05) is 29.2 Å². The average Bonchev–Trinajstić information content (AvgIpc) is 2.93. The number of benzene rings is 1. The standard InChI is InChI=1S/C13H15N3O2/c17-12(18)8-16-7-3-6-11(16)13-14-9-4-1-2-5-10(9)15-13/h1-2,4-5,11H,3,6-8H2,(H,14,15)(H,17,18)/t11-/m0/s1. The summed E-state index contributed by atoms with van der Waals surface area (Å²) in [6.45, 7) is 0.912. The predicted octanol–water partition coefficient (Wildman–Crippen LogP) is 1.78. The van der Waals surface area contributed by atoms with Crippen LogP contribution in [0.5, 0.6) is 0 Å². The number of nitrogens with zero attached hydrogens (tertiary/aromatic N) is 2. The Morgan fingerprint density at radius 2 is 2.33 bits per heavy atom. The summed E-state index contributed by atoms with van der Waals surface area (Å²) < 4.78 is 0. The van der Waals surface area contributed by atoms with Crippen LogP contribution in [0.4, 0.5) is 0 Å². The van der Waals surface area contributed by atoms with Crippen molar-refractivity contribution < 1.29 is 9.90 Å². The van der Waals surface area contributed by atoms with Crippen LogP contribution in [0.3, 0.4) is 0 Å². The van der Waals surface area contributed by atoms with Crippen LogP contribution in [0.25, 0.3) is 11.0 Å². The van der Waals surface area contributed by atoms with Gasteiger partial charge < -0.3 is 10.1 Å². The van der Waals surface area contributed by atoms with Crippen LogP contribution in [0.1, 0.15) is 24.7 Å². The van der Waals surface area contributed by atoms with Gasteiger partial charge in [0, 0.05) is 0 Å². The van der Waals surface area contributed by atoms with E-state index in [0.29, 0.717) is 0 Å². The van der Waals surface area contributed by atoms with Gasteiger partial charge in [-0.1, -0.05) is 12.1 Å². The van der Waals surface area contributed by atoms with Crippen molar-refractivity contribution in [1.82, 2.24) is 14.9 Å². The fourth-order valence-electron chi connectivity index (χ4n) is 2.63. The van der Waals surface area contributed by atoms with Gasteiger partial charge in [-0.25, -0.2) is 4.98 Å². The second-order valence-corrected chi connectivity index (χ2v) is 4.66. The molecule has 1 aliphatic rings. The Morgan fingerprint density at radius 1 is 1.50 bits per heavy atom. The van der Waals surface area contributed by atoms with Crippen molar-refractivity contribution in [2.24, 2.45) is 0 Å². The van der Waals surface area contributed by atoms with Crippen molar-refractivity contribution in [3.63, 3.8) is 0 Å². The van der Waals surface area contributed by atoms with E-state index in [-0.39, 0.29) is 12.6 Å². The lowest BCUT2D eigenvalue weighted by atomic mass is 10.2. The molecule has 1 aliphatic heterocycles. The van der Waals surface area contributed by atoms with Gasteiger partial charge in [-0.15, -0.1) is 0 Å². The highest BCUT2D eigenvalue weighted by atomic mass is 16.4. The molecule has 2 aromatic rings. The number of carboxylic acids is 1. The zero-order valence-corrected chi connectivity index (χ0v) is 9.97. The Balaban J connectivity index is 1.90. The van der Waals surface area contributed by atoms with Crippen LogP contribution >= 0.6 is 0 Å². The number of fused-ring (bicyclic) bond motifs is 1. The van der Waals surface area contributed by atoms with Gasteiger partial charge >= 0.3 is 5.97 Å². The molecule has 18 heavy (non-hydrogen) atoms. The largest absolute Gasteiger partial charge is 0.480 e. The first kappa shape index (κ1) is 11.2. The summed E-state index contributed by atoms with van der Waals surface area (Å²) in [7, 11) is 0. The number of rotatable bonds is 3. The average molecular weight is 245 g/mol. The monoisotopic (exact) mass is 245 g/mol. The molecule has 2 heterocycles. The third-order valence-electron chi connectivity index (χ3n) is 3.43. The van der Waals surface area contributed by atoms with Gasteiger partial charge in [0.15, 0.2) is 0 Å². The van der Waals surface area contributed by atoms with Crippen LogP contribution < -0.4 is 0 Å². The Morgan fingerprint density at radius 3 is 3.11 bits per heavy atom. The molecule has 1 atom stereocenters. The number of H-pyrrole nitrogens is 1. The minimum absolute atomic E-state index is 0.0850. The molecular weight excluding hydrogens is 230 g/mol. The Kier molecular flexibility index (Phi) is 2.76. The first-order valence-corrected chi connectivity index (χ1v) is 6.14. The summed E-state index contributed by atoms with van der Waals surface area (Å²) >= 11 is 0. The third kappa shape index (κ3) is 1.97. The quantitative estimate of drug-likeness (QED) is 0.865. The molecule has 5 heteroatoms. The number of nitrogens with one attached hydrogen (secondary N) is 1. The van der Waals surface area contributed by atoms with Crippen LogP contribution in [0.15, 0.2) is 24.3 Å². The fourth-order valence-corrected chi connectivity index (χ4v) is 2.63. The van der Waals surface area contributed by atoms with E-state index >= 15 is 0 Å². The smallest absolute Gasteiger partial charge is 0.317 e. The molecule has 0 radical (unpaired) electrons. The highest BCUT2D eigenvalue weighted by Crippen LogP contribution is 2.30. The molecule has 1 fully saturated rings. The van der Waals surface area contributed by atoms with E-state index in [1.165, 1.54) is 0 Å². The second kappa shape index (κ2) is 4.42. The number of aromatic amines is 1. The highest BCUT2D eigenvalue weighted by molar-refractivity contribution is 5.75. The van der Waals surface area contributed by atoms with Crippen molar-refractivity contribution in [3.8, 4) is 0 Å². The fraction of sp³-hybridized carbons (Fsp3) is 0.385. The van der Waals surface area contributed by atoms with E-state index in [2.05, 4.69) is 9.97 Å². The summed E-state index contributed by atoms with van der Waals surface area (Å²) in [6.07, 6.45) is 1.99. The first-order valence-electron chi connectivity index (χ1n) is 6.14. The number of carbonyl (C=O) groups is 1. The van der Waals surface area contributed by atoms with Gasteiger partial charge in [0.25, 0.3) is 0 Å². The number of carboxylic acid groups (broad SMARTS) is 1. The lowest BCUT2D eigenvalue weighted by molar-refractivity contribution is -0.138. The number of aromatic nitrogens is 2. The molecule has 3 rings (SSSR count). The molecule has 5 nitrogen and oxygen atoms in total. The van der Waals surface area contributed by atoms with Gasteiger partial charge in [-0.2, -0.15) is 0 Å². The van der Waals surface area contributed by atoms with Gasteiger partial charge in [0.1, 0.15) is 5.82 Å². The first-order chi connectivity index (χ1) is 8.74. The molecule has 0 spiro atoms. The van der Waals surface area contributed by atoms with E-state index in [9.17, 15) is 4.79 Å². The molecule has 2 N–H and O–H groups in total. The van der Waals surface area contributed by atoms with Crippen molar-refractivity contribution in [1.29, 1.82) is 0 Å². The number of hydrogen-bond donors (Lipinski definition) is 2. The van der Waals surface area contributed by atoms with E-state index in [1.54, 1.807) is 0 Å². The maximum atomic E-state index is 10.8. The Labute approximate surface area is 104 Å². The normalized spacial score (nSPS) is 20.6. The van der Waals surface area contributed by atoms with E-state index in [0.717, 1.165) is 36.2 Å². The van der Waals surface area contributed by atoms with Crippen LogP contribution in [0.2, 0.25) is 0 Å². The molecule has 1 aromatic heterocycles. The molecule has 1 aromatic carbocycles. The zero-order valence-electron chi connectivity index (χ0n) is 9.97. The van der Waals surface area contributed by atoms with Crippen molar-refractivity contribution in [2.45, 2.75) is 18.9 Å². The summed E-state index contributed by atoms with van der Waals surface area (Å²) in [5.41, 5.74) is 1.95. The minimum atomic E-state index is -0.780. The summed E-state index contributed by atoms with van der Waals surface area (Å²) in [6, 6.07) is 7.98. The molecule has 0 bridgehead atoms. The minimum Gasteiger partial charge on any atom is -0.480 e. The molecule has 0 unspecified atom stereocenters. The van der Waals surface area contributed by atoms with Crippen molar-refractivity contribution in [2.75, 3.05) is 13.1 Å². The molecule has 0 aliphatic carbocycles. The van der Waals surface area contributed by atoms with Gasteiger partial charge in [-0.05, 0) is 31.5 Å². The molecule has 0 saturated carbocycles. The third-order valence-corrected chi connectivity index (χ3v) is 3.43. The van der Waals surface area contributed by atoms with Crippen LogP contribution in [-0.2, 0) is 4.79 Å². The Hall–Kier alpha value is -1.88. The number of aliphatic carboxylic acids is 1. The number of hydrogen-bond acceptors (Lipinski definition) is 3. The molecule has 94 valence electrons. The van der Waals surface area contributed by atoms with Crippen LogP contribution in [-0.4, -0.2) is 39.0 Å². The Bertz CT molecular complexity index is 545. The summed E-state index contributed by atoms with van der Waals surface area (Å²) in [5.74, 6) is 0.105. The van der Waals surface area contributed by atoms with E-state index < -0.39 is 5.97 Å². The van der Waals surface area contributed by atoms with E-state index in [4.69, 9.17) is 5.11 Å². The SMILES string of the molecule is O=C(O)CN1CCC[C@H]1c1nc2ccccc2[nH]1. The number of para-hydroxylation sites is 2. The molecule has 0 amide bonds. The predicted molar refractivity (Wildman–Crippen MR) is 67.3 cm³/mol. The van der Waals surface area contributed by atoms with Gasteiger partial charge in [0.2, 0.25) is 0 Å². The number of likely N-dealkylation sites (tertiary alicyclic amines) is 1. The summed E-state index contributed by atoms with van der Waals surface area (Å²) in [4.78, 5) is 20.7. The van der Waals surface area contributed by atoms with Gasteiger partial charge in [-0.3, -0.25) is 9.69 Å². The van der Waals surface area contributed by atoms with Crippen molar-refractivity contribution in [3.05, 3.63) is 30.1 Å². The summed E-state index contributed by atoms with van der Waals surface area (Å²) in [5, 5.41) is 8.91. The maximum Gasteiger partial charge on any atom is 0.317 e. The topological polar surface area (TPSA) is 69.2 Å². The van der Waals surface area contributed by atoms with Crippen molar-refractivity contribution >= 4 is 17.0 Å². The molecular formula is C13H15N3O2. The lowest BCUT2D eigenvalue weighted by Crippen LogP contribution is -2.29. The highest BCUT2D eigenvalue weighted by Gasteiger charge is 2.29. The maximum absolute atomic E-state index is 10.8. The van der Waals surface area contributed by atoms with Crippen LogP contribution in [0, 0.1) is 0 Å². The second-order valence-electron chi connectivity index (χ2n) is 4.66.